The van der Waals surface area contributed by atoms with Crippen LogP contribution in [0.15, 0.2) is 24.3 Å². The fourth-order valence-electron chi connectivity index (χ4n) is 2.16. The van der Waals surface area contributed by atoms with Gasteiger partial charge >= 0.3 is 5.97 Å². The number of aromatic carboxylic acids is 1. The van der Waals surface area contributed by atoms with Crippen molar-refractivity contribution in [2.75, 3.05) is 7.11 Å². The van der Waals surface area contributed by atoms with Crippen LogP contribution in [0.4, 0.5) is 0 Å². The van der Waals surface area contributed by atoms with Gasteiger partial charge in [0, 0.05) is 12.6 Å². The second kappa shape index (κ2) is 4.80. The lowest BCUT2D eigenvalue weighted by atomic mass is 10.0. The summed E-state index contributed by atoms with van der Waals surface area (Å²) >= 11 is 0. The van der Waals surface area contributed by atoms with Gasteiger partial charge in [-0.05, 0) is 49.2 Å². The van der Waals surface area contributed by atoms with Crippen molar-refractivity contribution in [1.29, 1.82) is 0 Å². The molecular weight excluding hydrogens is 242 g/mol. The minimum Gasteiger partial charge on any atom is -0.496 e. The summed E-state index contributed by atoms with van der Waals surface area (Å²) in [5.41, 5.74) is 4.29. The Morgan fingerprint density at radius 3 is 2.37 bits per heavy atom. The maximum Gasteiger partial charge on any atom is 0.352 e. The summed E-state index contributed by atoms with van der Waals surface area (Å²) in [6.45, 7) is 4.05. The molecular formula is C15H17NO3. The summed E-state index contributed by atoms with van der Waals surface area (Å²) in [7, 11) is 3.36. The number of benzene rings is 1. The molecule has 4 nitrogen and oxygen atoms in total. The Morgan fingerprint density at radius 2 is 1.84 bits per heavy atom. The van der Waals surface area contributed by atoms with Gasteiger partial charge in [-0.25, -0.2) is 4.79 Å². The Morgan fingerprint density at radius 1 is 1.21 bits per heavy atom. The first kappa shape index (κ1) is 13.2. The molecule has 0 atom stereocenters. The van der Waals surface area contributed by atoms with Gasteiger partial charge < -0.3 is 14.4 Å². The minimum atomic E-state index is -0.934. The fraction of sp³-hybridized carbons (Fsp3) is 0.267. The Kier molecular flexibility index (Phi) is 3.34. The van der Waals surface area contributed by atoms with Gasteiger partial charge in [-0.2, -0.15) is 0 Å². The first-order chi connectivity index (χ1) is 8.95. The van der Waals surface area contributed by atoms with E-state index in [1.807, 2.05) is 26.0 Å². The molecule has 0 unspecified atom stereocenters. The molecule has 1 aromatic carbocycles. The van der Waals surface area contributed by atoms with Crippen LogP contribution in [0, 0.1) is 13.8 Å². The molecule has 4 heteroatoms. The van der Waals surface area contributed by atoms with E-state index < -0.39 is 5.97 Å². The predicted octanol–water partition coefficient (Wildman–Crippen LogP) is 3.02. The van der Waals surface area contributed by atoms with Crippen molar-refractivity contribution in [2.24, 2.45) is 7.05 Å². The summed E-state index contributed by atoms with van der Waals surface area (Å²) in [5.74, 6) is -0.183. The molecule has 0 saturated heterocycles. The fourth-order valence-corrected chi connectivity index (χ4v) is 2.16. The lowest BCUT2D eigenvalue weighted by Gasteiger charge is -2.13. The monoisotopic (exact) mass is 259 g/mol. The van der Waals surface area contributed by atoms with Crippen molar-refractivity contribution in [1.82, 2.24) is 4.57 Å². The molecule has 0 fully saturated rings. The number of rotatable bonds is 3. The molecule has 0 aliphatic heterocycles. The molecule has 0 bridgehead atoms. The number of carboxylic acid groups (broad SMARTS) is 1. The Balaban J connectivity index is 2.65. The highest BCUT2D eigenvalue weighted by molar-refractivity contribution is 5.88. The number of carbonyl (C=O) groups is 1. The number of hydrogen-bond acceptors (Lipinski definition) is 2. The normalized spacial score (nSPS) is 10.5. The summed E-state index contributed by atoms with van der Waals surface area (Å²) in [4.78, 5) is 11.1. The number of hydrogen-bond donors (Lipinski definition) is 1. The molecule has 0 saturated carbocycles. The highest BCUT2D eigenvalue weighted by atomic mass is 16.5. The van der Waals surface area contributed by atoms with E-state index in [2.05, 4.69) is 0 Å². The first-order valence-electron chi connectivity index (χ1n) is 6.00. The van der Waals surface area contributed by atoms with Crippen LogP contribution in [-0.4, -0.2) is 22.8 Å². The van der Waals surface area contributed by atoms with E-state index in [1.54, 1.807) is 30.9 Å². The topological polar surface area (TPSA) is 51.5 Å². The number of carboxylic acids is 1. The van der Waals surface area contributed by atoms with Crippen LogP contribution < -0.4 is 4.74 Å². The van der Waals surface area contributed by atoms with E-state index in [0.717, 1.165) is 28.1 Å². The van der Waals surface area contributed by atoms with Gasteiger partial charge in [-0.1, -0.05) is 0 Å². The minimum absolute atomic E-state index is 0.260. The number of nitrogens with zero attached hydrogens (tertiary/aromatic N) is 1. The first-order valence-corrected chi connectivity index (χ1v) is 6.00. The quantitative estimate of drug-likeness (QED) is 0.921. The number of aromatic nitrogens is 1. The number of methoxy groups -OCH3 is 1. The molecule has 1 heterocycles. The van der Waals surface area contributed by atoms with Crippen molar-refractivity contribution in [3.8, 4) is 17.0 Å². The molecule has 1 aromatic heterocycles. The Bertz CT molecular complexity index is 641. The SMILES string of the molecule is COc1cc(C)c(C)cc1-c1ccc(C(=O)O)n1C. The summed E-state index contributed by atoms with van der Waals surface area (Å²) < 4.78 is 7.06. The average molecular weight is 259 g/mol. The maximum atomic E-state index is 11.1. The maximum absolute atomic E-state index is 11.1. The van der Waals surface area contributed by atoms with Crippen LogP contribution in [0.5, 0.6) is 5.75 Å². The molecule has 19 heavy (non-hydrogen) atoms. The van der Waals surface area contributed by atoms with Crippen LogP contribution in [0.1, 0.15) is 21.6 Å². The van der Waals surface area contributed by atoms with Crippen molar-refractivity contribution in [2.45, 2.75) is 13.8 Å². The van der Waals surface area contributed by atoms with Gasteiger partial charge in [0.2, 0.25) is 0 Å². The van der Waals surface area contributed by atoms with Crippen LogP contribution in [0.2, 0.25) is 0 Å². The van der Waals surface area contributed by atoms with E-state index in [0.29, 0.717) is 0 Å². The Hall–Kier alpha value is -2.23. The van der Waals surface area contributed by atoms with Crippen molar-refractivity contribution in [3.05, 3.63) is 41.1 Å². The van der Waals surface area contributed by atoms with Gasteiger partial charge in [-0.3, -0.25) is 0 Å². The third-order valence-electron chi connectivity index (χ3n) is 3.43. The summed E-state index contributed by atoms with van der Waals surface area (Å²) in [6, 6.07) is 7.40. The predicted molar refractivity (Wildman–Crippen MR) is 73.8 cm³/mol. The van der Waals surface area contributed by atoms with Gasteiger partial charge in [0.25, 0.3) is 0 Å². The van der Waals surface area contributed by atoms with E-state index in [9.17, 15) is 4.79 Å². The zero-order valence-electron chi connectivity index (χ0n) is 11.5. The second-order valence-electron chi connectivity index (χ2n) is 4.60. The molecule has 2 rings (SSSR count). The van der Waals surface area contributed by atoms with Crippen molar-refractivity contribution in [3.63, 3.8) is 0 Å². The average Bonchev–Trinajstić information content (AvgIpc) is 2.74. The second-order valence-corrected chi connectivity index (χ2v) is 4.60. The largest absolute Gasteiger partial charge is 0.496 e. The van der Waals surface area contributed by atoms with Gasteiger partial charge in [-0.15, -0.1) is 0 Å². The van der Waals surface area contributed by atoms with Crippen LogP contribution in [0.25, 0.3) is 11.3 Å². The lowest BCUT2D eigenvalue weighted by molar-refractivity contribution is 0.0686. The molecule has 100 valence electrons. The molecule has 2 aromatic rings. The van der Waals surface area contributed by atoms with Gasteiger partial charge in [0.15, 0.2) is 0 Å². The molecule has 0 aliphatic carbocycles. The van der Waals surface area contributed by atoms with Crippen molar-refractivity contribution >= 4 is 5.97 Å². The standard InChI is InChI=1S/C15H17NO3/c1-9-7-11(14(19-4)8-10(9)2)12-5-6-13(15(17)18)16(12)3/h5-8H,1-4H3,(H,17,18). The third kappa shape index (κ3) is 2.21. The van der Waals surface area contributed by atoms with E-state index in [4.69, 9.17) is 9.84 Å². The van der Waals surface area contributed by atoms with Gasteiger partial charge in [0.1, 0.15) is 11.4 Å². The van der Waals surface area contributed by atoms with Crippen molar-refractivity contribution < 1.29 is 14.6 Å². The van der Waals surface area contributed by atoms with Crippen LogP contribution in [0.3, 0.4) is 0 Å². The molecule has 0 amide bonds. The van der Waals surface area contributed by atoms with E-state index >= 15 is 0 Å². The summed E-state index contributed by atoms with van der Waals surface area (Å²) in [6.07, 6.45) is 0. The molecule has 0 radical (unpaired) electrons. The number of aryl methyl sites for hydroxylation is 2. The molecule has 0 spiro atoms. The zero-order valence-corrected chi connectivity index (χ0v) is 11.5. The zero-order chi connectivity index (χ0) is 14.2. The summed E-state index contributed by atoms with van der Waals surface area (Å²) in [5, 5.41) is 9.10. The van der Waals surface area contributed by atoms with Crippen LogP contribution >= 0.6 is 0 Å². The van der Waals surface area contributed by atoms with E-state index in [-0.39, 0.29) is 5.69 Å². The number of ether oxygens (including phenoxy) is 1. The van der Waals surface area contributed by atoms with Crippen LogP contribution in [-0.2, 0) is 7.05 Å². The highest BCUT2D eigenvalue weighted by Gasteiger charge is 2.16. The molecule has 0 aliphatic rings. The third-order valence-corrected chi connectivity index (χ3v) is 3.43. The smallest absolute Gasteiger partial charge is 0.352 e. The molecule has 1 N–H and O–H groups in total. The highest BCUT2D eigenvalue weighted by Crippen LogP contribution is 2.33. The lowest BCUT2D eigenvalue weighted by Crippen LogP contribution is -2.05. The Labute approximate surface area is 112 Å². The van der Waals surface area contributed by atoms with Gasteiger partial charge in [0.05, 0.1) is 12.8 Å². The van der Waals surface area contributed by atoms with E-state index in [1.165, 1.54) is 0 Å².